The van der Waals surface area contributed by atoms with E-state index in [1.54, 1.807) is 12.3 Å². The van der Waals surface area contributed by atoms with Crippen molar-refractivity contribution in [3.8, 4) is 22.6 Å². The molecular formula is C33H28ClN3O3. The van der Waals surface area contributed by atoms with E-state index in [1.165, 1.54) is 11.1 Å². The number of halogens is 1. The molecule has 1 aliphatic rings. The summed E-state index contributed by atoms with van der Waals surface area (Å²) in [6, 6.07) is 31.3. The fraction of sp³-hybridized carbons (Fsp3) is 0.152. The number of carbonyl (C=O) groups is 1. The Morgan fingerprint density at radius 2 is 1.68 bits per heavy atom. The van der Waals surface area contributed by atoms with E-state index in [1.807, 2.05) is 54.6 Å². The largest absolute Gasteiger partial charge is 0.478 e. The average molecular weight is 550 g/mol. The highest BCUT2D eigenvalue weighted by molar-refractivity contribution is 6.30. The van der Waals surface area contributed by atoms with Gasteiger partial charge in [-0.05, 0) is 59.2 Å². The number of hydrogen-bond acceptors (Lipinski definition) is 5. The number of benzene rings is 4. The highest BCUT2D eigenvalue weighted by atomic mass is 35.5. The van der Waals surface area contributed by atoms with Crippen LogP contribution in [0.3, 0.4) is 0 Å². The molecule has 7 heteroatoms. The Morgan fingerprint density at radius 3 is 2.48 bits per heavy atom. The first-order valence-corrected chi connectivity index (χ1v) is 13.6. The van der Waals surface area contributed by atoms with Crippen LogP contribution in [-0.4, -0.2) is 47.1 Å². The van der Waals surface area contributed by atoms with Gasteiger partial charge in [-0.3, -0.25) is 9.88 Å². The predicted molar refractivity (Wildman–Crippen MR) is 160 cm³/mol. The number of ether oxygens (including phenoxy) is 1. The molecule has 0 aliphatic carbocycles. The second-order valence-electron chi connectivity index (χ2n) is 9.87. The van der Waals surface area contributed by atoms with Gasteiger partial charge < -0.3 is 14.7 Å². The van der Waals surface area contributed by atoms with Crippen LogP contribution < -0.4 is 9.64 Å². The lowest BCUT2D eigenvalue weighted by atomic mass is 9.99. The standard InChI is InChI=1S/C33H28ClN3O3/c34-26-10-7-23(8-11-26)29-6-2-1-4-25(29)22-36-16-18-37(19-17-36)27-12-14-30(33(38)39)32(20-27)40-28-13-9-24-5-3-15-35-31(24)21-28/h1-15,20-21H,16-19,22H2,(H,38,39). The summed E-state index contributed by atoms with van der Waals surface area (Å²) in [4.78, 5) is 21.1. The van der Waals surface area contributed by atoms with E-state index in [0.717, 1.165) is 59.9 Å². The van der Waals surface area contributed by atoms with Crippen LogP contribution in [0.15, 0.2) is 103 Å². The van der Waals surface area contributed by atoms with Crippen LogP contribution >= 0.6 is 11.6 Å². The molecule has 0 unspecified atom stereocenters. The quantitative estimate of drug-likeness (QED) is 0.229. The van der Waals surface area contributed by atoms with E-state index in [4.69, 9.17) is 16.3 Å². The summed E-state index contributed by atoms with van der Waals surface area (Å²) in [5.41, 5.74) is 5.53. The van der Waals surface area contributed by atoms with Crippen LogP contribution in [0.5, 0.6) is 11.5 Å². The van der Waals surface area contributed by atoms with Gasteiger partial charge in [-0.1, -0.05) is 54.1 Å². The number of fused-ring (bicyclic) bond motifs is 1. The molecule has 0 radical (unpaired) electrons. The number of hydrogen-bond donors (Lipinski definition) is 1. The second kappa shape index (κ2) is 11.4. The van der Waals surface area contributed by atoms with Crippen LogP contribution in [0, 0.1) is 0 Å². The highest BCUT2D eigenvalue weighted by Crippen LogP contribution is 2.32. The van der Waals surface area contributed by atoms with Gasteiger partial charge in [-0.2, -0.15) is 0 Å². The monoisotopic (exact) mass is 549 g/mol. The molecule has 1 saturated heterocycles. The minimum atomic E-state index is -1.02. The Labute approximate surface area is 238 Å². The summed E-state index contributed by atoms with van der Waals surface area (Å²) in [7, 11) is 0. The van der Waals surface area contributed by atoms with Crippen molar-refractivity contribution in [3.05, 3.63) is 119 Å². The number of carboxylic acid groups (broad SMARTS) is 1. The number of anilines is 1. The lowest BCUT2D eigenvalue weighted by Gasteiger charge is -2.36. The van der Waals surface area contributed by atoms with Crippen molar-refractivity contribution in [1.82, 2.24) is 9.88 Å². The van der Waals surface area contributed by atoms with E-state index < -0.39 is 5.97 Å². The van der Waals surface area contributed by atoms with Crippen molar-refractivity contribution >= 4 is 34.2 Å². The van der Waals surface area contributed by atoms with Gasteiger partial charge in [0.1, 0.15) is 17.1 Å². The average Bonchev–Trinajstić information content (AvgIpc) is 2.98. The van der Waals surface area contributed by atoms with E-state index >= 15 is 0 Å². The van der Waals surface area contributed by atoms with Crippen LogP contribution in [-0.2, 0) is 6.54 Å². The molecule has 0 saturated carbocycles. The molecule has 1 N–H and O–H groups in total. The molecule has 5 aromatic rings. The SMILES string of the molecule is O=C(O)c1ccc(N2CCN(Cc3ccccc3-c3ccc(Cl)cc3)CC2)cc1Oc1ccc2cccnc2c1. The normalized spacial score (nSPS) is 13.9. The van der Waals surface area contributed by atoms with Gasteiger partial charge in [-0.25, -0.2) is 4.79 Å². The van der Waals surface area contributed by atoms with Gasteiger partial charge in [0.15, 0.2) is 0 Å². The smallest absolute Gasteiger partial charge is 0.339 e. The Kier molecular flexibility index (Phi) is 7.36. The molecule has 6 rings (SSSR count). The first-order valence-electron chi connectivity index (χ1n) is 13.2. The first kappa shape index (κ1) is 25.9. The number of nitrogens with zero attached hydrogens (tertiary/aromatic N) is 3. The zero-order chi connectivity index (χ0) is 27.5. The Balaban J connectivity index is 1.16. The molecule has 1 aromatic heterocycles. The van der Waals surface area contributed by atoms with E-state index in [0.29, 0.717) is 11.5 Å². The number of rotatable bonds is 7. The van der Waals surface area contributed by atoms with Crippen molar-refractivity contribution in [1.29, 1.82) is 0 Å². The maximum absolute atomic E-state index is 12.0. The van der Waals surface area contributed by atoms with Crippen LogP contribution in [0.2, 0.25) is 5.02 Å². The van der Waals surface area contributed by atoms with Gasteiger partial charge in [-0.15, -0.1) is 0 Å². The van der Waals surface area contributed by atoms with E-state index in [-0.39, 0.29) is 5.56 Å². The van der Waals surface area contributed by atoms with Gasteiger partial charge in [0.05, 0.1) is 5.52 Å². The third-order valence-corrected chi connectivity index (χ3v) is 7.56. The molecule has 40 heavy (non-hydrogen) atoms. The molecular weight excluding hydrogens is 522 g/mol. The number of aromatic nitrogens is 1. The molecule has 4 aromatic carbocycles. The maximum atomic E-state index is 12.0. The fourth-order valence-electron chi connectivity index (χ4n) is 5.18. The lowest BCUT2D eigenvalue weighted by molar-refractivity contribution is 0.0694. The summed E-state index contributed by atoms with van der Waals surface area (Å²) in [5, 5.41) is 11.5. The number of piperazine rings is 1. The zero-order valence-corrected chi connectivity index (χ0v) is 22.6. The Bertz CT molecular complexity index is 1660. The van der Waals surface area contributed by atoms with Crippen molar-refractivity contribution in [3.63, 3.8) is 0 Å². The summed E-state index contributed by atoms with van der Waals surface area (Å²) in [6.07, 6.45) is 1.73. The minimum Gasteiger partial charge on any atom is -0.478 e. The van der Waals surface area contributed by atoms with Crippen molar-refractivity contribution in [2.24, 2.45) is 0 Å². The van der Waals surface area contributed by atoms with E-state index in [2.05, 4.69) is 51.2 Å². The highest BCUT2D eigenvalue weighted by Gasteiger charge is 2.21. The van der Waals surface area contributed by atoms with Crippen molar-refractivity contribution < 1.29 is 14.6 Å². The summed E-state index contributed by atoms with van der Waals surface area (Å²) >= 11 is 6.10. The second-order valence-corrected chi connectivity index (χ2v) is 10.3. The molecule has 6 nitrogen and oxygen atoms in total. The minimum absolute atomic E-state index is 0.127. The Morgan fingerprint density at radius 1 is 0.875 bits per heavy atom. The van der Waals surface area contributed by atoms with Crippen molar-refractivity contribution in [2.45, 2.75) is 6.54 Å². The topological polar surface area (TPSA) is 65.9 Å². The zero-order valence-electron chi connectivity index (χ0n) is 21.8. The molecule has 0 bridgehead atoms. The lowest BCUT2D eigenvalue weighted by Crippen LogP contribution is -2.46. The summed E-state index contributed by atoms with van der Waals surface area (Å²) in [5.74, 6) is -0.153. The third kappa shape index (κ3) is 5.64. The molecule has 200 valence electrons. The Hall–Kier alpha value is -4.39. The number of aromatic carboxylic acids is 1. The van der Waals surface area contributed by atoms with Gasteiger partial charge >= 0.3 is 5.97 Å². The van der Waals surface area contributed by atoms with Crippen LogP contribution in [0.4, 0.5) is 5.69 Å². The van der Waals surface area contributed by atoms with Gasteiger partial charge in [0.2, 0.25) is 0 Å². The summed E-state index contributed by atoms with van der Waals surface area (Å²) < 4.78 is 6.11. The molecule has 2 heterocycles. The number of carboxylic acids is 1. The maximum Gasteiger partial charge on any atom is 0.339 e. The molecule has 1 aliphatic heterocycles. The van der Waals surface area contributed by atoms with Gasteiger partial charge in [0, 0.05) is 67.1 Å². The third-order valence-electron chi connectivity index (χ3n) is 7.30. The first-order chi connectivity index (χ1) is 19.5. The predicted octanol–water partition coefficient (Wildman–Crippen LogP) is 7.37. The van der Waals surface area contributed by atoms with Crippen molar-refractivity contribution in [2.75, 3.05) is 31.1 Å². The molecule has 0 spiro atoms. The molecule has 0 amide bonds. The van der Waals surface area contributed by atoms with Crippen LogP contribution in [0.25, 0.3) is 22.0 Å². The molecule has 0 atom stereocenters. The van der Waals surface area contributed by atoms with Gasteiger partial charge in [0.25, 0.3) is 0 Å². The van der Waals surface area contributed by atoms with Crippen LogP contribution in [0.1, 0.15) is 15.9 Å². The number of pyridine rings is 1. The summed E-state index contributed by atoms with van der Waals surface area (Å²) in [6.45, 7) is 4.29. The van der Waals surface area contributed by atoms with E-state index in [9.17, 15) is 9.90 Å². The fourth-order valence-corrected chi connectivity index (χ4v) is 5.31. The molecule has 1 fully saturated rings.